The fourth-order valence-corrected chi connectivity index (χ4v) is 3.90. The van der Waals surface area contributed by atoms with Gasteiger partial charge in [-0.3, -0.25) is 14.9 Å². The normalized spacial score (nSPS) is 15.5. The highest BCUT2D eigenvalue weighted by Crippen LogP contribution is 2.33. The second-order valence-electron chi connectivity index (χ2n) is 6.41. The number of nitro benzene ring substituents is 1. The van der Waals surface area contributed by atoms with Crippen LogP contribution in [0.25, 0.3) is 11.5 Å². The molecule has 0 radical (unpaired) electrons. The Morgan fingerprint density at radius 2 is 2.11 bits per heavy atom. The number of fused-ring (bicyclic) bond motifs is 1. The van der Waals surface area contributed by atoms with Gasteiger partial charge in [-0.1, -0.05) is 36.0 Å². The molecular weight excluding hydrogens is 380 g/mol. The first-order chi connectivity index (χ1) is 13.5. The molecule has 1 aliphatic rings. The lowest BCUT2D eigenvalue weighted by Crippen LogP contribution is -2.36. The van der Waals surface area contributed by atoms with Crippen LogP contribution in [0.5, 0.6) is 0 Å². The largest absolute Gasteiger partial charge is 0.411 e. The van der Waals surface area contributed by atoms with Crippen molar-refractivity contribution in [3.63, 3.8) is 0 Å². The highest BCUT2D eigenvalue weighted by atomic mass is 32.2. The summed E-state index contributed by atoms with van der Waals surface area (Å²) in [7, 11) is 0. The Morgan fingerprint density at radius 3 is 2.93 bits per heavy atom. The first-order valence-corrected chi connectivity index (χ1v) is 9.62. The predicted molar refractivity (Wildman–Crippen MR) is 104 cm³/mol. The topological polar surface area (TPSA) is 102 Å². The van der Waals surface area contributed by atoms with Crippen molar-refractivity contribution in [1.82, 2.24) is 10.2 Å². The first-order valence-electron chi connectivity index (χ1n) is 8.64. The molecule has 2 heterocycles. The quantitative estimate of drug-likeness (QED) is 0.368. The van der Waals surface area contributed by atoms with E-state index in [1.54, 1.807) is 17.0 Å². The molecule has 0 bridgehead atoms. The fourth-order valence-electron chi connectivity index (χ4n) is 3.28. The van der Waals surface area contributed by atoms with Gasteiger partial charge in [-0.25, -0.2) is 0 Å². The molecule has 0 N–H and O–H groups in total. The van der Waals surface area contributed by atoms with Gasteiger partial charge in [0, 0.05) is 29.4 Å². The summed E-state index contributed by atoms with van der Waals surface area (Å²) in [5.74, 6) is 0.311. The number of benzene rings is 2. The minimum Gasteiger partial charge on any atom is -0.411 e. The molecule has 1 amide bonds. The summed E-state index contributed by atoms with van der Waals surface area (Å²) in [5, 5.41) is 19.0. The van der Waals surface area contributed by atoms with E-state index in [1.807, 2.05) is 31.2 Å². The van der Waals surface area contributed by atoms with Crippen LogP contribution in [0.4, 0.5) is 11.4 Å². The van der Waals surface area contributed by atoms with Crippen LogP contribution in [0.2, 0.25) is 0 Å². The van der Waals surface area contributed by atoms with Gasteiger partial charge in [0.2, 0.25) is 11.8 Å². The van der Waals surface area contributed by atoms with Crippen LogP contribution in [0, 0.1) is 10.1 Å². The molecule has 0 unspecified atom stereocenters. The maximum Gasteiger partial charge on any atom is 0.277 e. The third-order valence-electron chi connectivity index (χ3n) is 4.51. The standard InChI is InChI=1S/C19H16N4O4S/c1-12-9-13-5-2-3-8-16(13)22(12)17(24)11-28-19-21-20-18(27-19)14-6-4-7-15(10-14)23(25)26/h2-8,10,12H,9,11H2,1H3/t12-/m0/s1. The van der Waals surface area contributed by atoms with E-state index in [2.05, 4.69) is 10.2 Å². The number of nitrogens with zero attached hydrogens (tertiary/aromatic N) is 4. The van der Waals surface area contributed by atoms with Gasteiger partial charge in [0.15, 0.2) is 0 Å². The summed E-state index contributed by atoms with van der Waals surface area (Å²) in [4.78, 5) is 25.0. The van der Waals surface area contributed by atoms with Gasteiger partial charge < -0.3 is 9.32 Å². The molecule has 0 aliphatic carbocycles. The van der Waals surface area contributed by atoms with Crippen LogP contribution in [-0.4, -0.2) is 32.8 Å². The molecule has 9 heteroatoms. The van der Waals surface area contributed by atoms with E-state index in [0.717, 1.165) is 23.9 Å². The Bertz CT molecular complexity index is 1050. The van der Waals surface area contributed by atoms with Gasteiger partial charge in [-0.05, 0) is 31.0 Å². The van der Waals surface area contributed by atoms with Crippen LogP contribution in [0.15, 0.2) is 58.2 Å². The molecular formula is C19H16N4O4S. The molecule has 8 nitrogen and oxygen atoms in total. The molecule has 28 heavy (non-hydrogen) atoms. The molecule has 1 aromatic heterocycles. The molecule has 2 aromatic carbocycles. The van der Waals surface area contributed by atoms with Gasteiger partial charge >= 0.3 is 0 Å². The maximum absolute atomic E-state index is 12.7. The van der Waals surface area contributed by atoms with Crippen molar-refractivity contribution in [1.29, 1.82) is 0 Å². The predicted octanol–water partition coefficient (Wildman–Crippen LogP) is 3.71. The highest BCUT2D eigenvalue weighted by molar-refractivity contribution is 7.99. The van der Waals surface area contributed by atoms with Gasteiger partial charge in [0.1, 0.15) is 0 Å². The van der Waals surface area contributed by atoms with Gasteiger partial charge in [0.25, 0.3) is 10.9 Å². The van der Waals surface area contributed by atoms with Crippen LogP contribution < -0.4 is 4.90 Å². The second kappa shape index (κ2) is 7.43. The molecule has 1 aliphatic heterocycles. The number of hydrogen-bond acceptors (Lipinski definition) is 7. The number of carbonyl (C=O) groups excluding carboxylic acids is 1. The molecule has 3 aromatic rings. The summed E-state index contributed by atoms with van der Waals surface area (Å²) in [5.41, 5.74) is 2.52. The number of carbonyl (C=O) groups is 1. The Balaban J connectivity index is 1.45. The SMILES string of the molecule is C[C@H]1Cc2ccccc2N1C(=O)CSc1nnc(-c2cccc([N+](=O)[O-])c2)o1. The molecule has 1 atom stereocenters. The summed E-state index contributed by atoms with van der Waals surface area (Å²) in [6.45, 7) is 2.02. The summed E-state index contributed by atoms with van der Waals surface area (Å²) in [6.07, 6.45) is 0.837. The zero-order chi connectivity index (χ0) is 19.7. The molecule has 0 saturated heterocycles. The van der Waals surface area contributed by atoms with E-state index in [1.165, 1.54) is 17.7 Å². The van der Waals surface area contributed by atoms with E-state index in [-0.39, 0.29) is 34.5 Å². The molecule has 4 rings (SSSR count). The monoisotopic (exact) mass is 396 g/mol. The number of thioether (sulfide) groups is 1. The molecule has 142 valence electrons. The lowest BCUT2D eigenvalue weighted by molar-refractivity contribution is -0.384. The van der Waals surface area contributed by atoms with Crippen LogP contribution >= 0.6 is 11.8 Å². The summed E-state index contributed by atoms with van der Waals surface area (Å²) >= 11 is 1.15. The van der Waals surface area contributed by atoms with Crippen molar-refractivity contribution in [2.45, 2.75) is 24.6 Å². The number of rotatable bonds is 5. The number of para-hydroxylation sites is 1. The van der Waals surface area contributed by atoms with Crippen molar-refractivity contribution in [2.75, 3.05) is 10.7 Å². The van der Waals surface area contributed by atoms with Crippen molar-refractivity contribution >= 4 is 29.0 Å². The van der Waals surface area contributed by atoms with Crippen LogP contribution in [-0.2, 0) is 11.2 Å². The van der Waals surface area contributed by atoms with E-state index >= 15 is 0 Å². The minimum atomic E-state index is -0.483. The van der Waals surface area contributed by atoms with E-state index in [9.17, 15) is 14.9 Å². The van der Waals surface area contributed by atoms with Gasteiger partial charge in [-0.2, -0.15) is 0 Å². The number of aromatic nitrogens is 2. The second-order valence-corrected chi connectivity index (χ2v) is 7.34. The Morgan fingerprint density at radius 1 is 1.29 bits per heavy atom. The number of amides is 1. The van der Waals surface area contributed by atoms with E-state index in [4.69, 9.17) is 4.42 Å². The highest BCUT2D eigenvalue weighted by Gasteiger charge is 2.30. The number of anilines is 1. The van der Waals surface area contributed by atoms with Crippen molar-refractivity contribution in [2.24, 2.45) is 0 Å². The zero-order valence-corrected chi connectivity index (χ0v) is 15.8. The Kier molecular flexibility index (Phi) is 4.82. The molecule has 0 saturated carbocycles. The first kappa shape index (κ1) is 18.2. The summed E-state index contributed by atoms with van der Waals surface area (Å²) < 4.78 is 5.56. The number of nitro groups is 1. The molecule has 0 spiro atoms. The van der Waals surface area contributed by atoms with Gasteiger partial charge in [-0.15, -0.1) is 10.2 Å². The average molecular weight is 396 g/mol. The Labute approximate surface area is 164 Å². The average Bonchev–Trinajstić information content (AvgIpc) is 3.30. The van der Waals surface area contributed by atoms with Crippen molar-refractivity contribution < 1.29 is 14.1 Å². The maximum atomic E-state index is 12.7. The number of non-ortho nitro benzene ring substituents is 1. The fraction of sp³-hybridized carbons (Fsp3) is 0.211. The van der Waals surface area contributed by atoms with Crippen LogP contribution in [0.3, 0.4) is 0 Å². The third kappa shape index (κ3) is 3.48. The zero-order valence-electron chi connectivity index (χ0n) is 14.9. The minimum absolute atomic E-state index is 0.0300. The van der Waals surface area contributed by atoms with Crippen molar-refractivity contribution in [3.05, 3.63) is 64.2 Å². The number of hydrogen-bond donors (Lipinski definition) is 0. The van der Waals surface area contributed by atoms with E-state index in [0.29, 0.717) is 5.56 Å². The lowest BCUT2D eigenvalue weighted by atomic mass is 10.1. The van der Waals surface area contributed by atoms with Crippen LogP contribution in [0.1, 0.15) is 12.5 Å². The van der Waals surface area contributed by atoms with Gasteiger partial charge in [0.05, 0.1) is 10.7 Å². The molecule has 0 fully saturated rings. The Hall–Kier alpha value is -3.20. The van der Waals surface area contributed by atoms with E-state index < -0.39 is 4.92 Å². The summed E-state index contributed by atoms with van der Waals surface area (Å²) in [6, 6.07) is 14.0. The third-order valence-corrected chi connectivity index (χ3v) is 5.31. The smallest absolute Gasteiger partial charge is 0.277 e. The lowest BCUT2D eigenvalue weighted by Gasteiger charge is -2.22. The van der Waals surface area contributed by atoms with Crippen molar-refractivity contribution in [3.8, 4) is 11.5 Å².